The summed E-state index contributed by atoms with van der Waals surface area (Å²) >= 11 is 0. The average Bonchev–Trinajstić information content (AvgIpc) is 2.07. The van der Waals surface area contributed by atoms with Gasteiger partial charge in [-0.1, -0.05) is 31.6 Å². The zero-order valence-corrected chi connectivity index (χ0v) is 9.33. The van der Waals surface area contributed by atoms with E-state index in [4.69, 9.17) is 0 Å². The van der Waals surface area contributed by atoms with Gasteiger partial charge in [0.1, 0.15) is 5.75 Å². The number of phenols is 1. The largest absolute Gasteiger partial charge is 0.508 e. The van der Waals surface area contributed by atoms with Crippen LogP contribution in [0, 0.1) is 5.92 Å². The third kappa shape index (κ3) is 2.38. The molecule has 76 valence electrons. The molecule has 14 heavy (non-hydrogen) atoms. The van der Waals surface area contributed by atoms with Crippen LogP contribution in [0.1, 0.15) is 33.3 Å². The van der Waals surface area contributed by atoms with E-state index in [9.17, 15) is 5.11 Å². The molecule has 0 aliphatic carbocycles. The van der Waals surface area contributed by atoms with Gasteiger partial charge in [-0.05, 0) is 43.0 Å². The Balaban J connectivity index is 3.14. The molecule has 1 N–H and O–H groups in total. The van der Waals surface area contributed by atoms with Crippen molar-refractivity contribution in [2.75, 3.05) is 0 Å². The second kappa shape index (κ2) is 4.32. The van der Waals surface area contributed by atoms with Crippen molar-refractivity contribution in [3.05, 3.63) is 35.4 Å². The second-order valence-electron chi connectivity index (χ2n) is 4.12. The Morgan fingerprint density at radius 1 is 1.07 bits per heavy atom. The Morgan fingerprint density at radius 2 is 1.57 bits per heavy atom. The number of allylic oxidation sites excluding steroid dienone is 2. The molecule has 1 heteroatoms. The topological polar surface area (TPSA) is 20.2 Å². The van der Waals surface area contributed by atoms with E-state index in [1.54, 1.807) is 12.1 Å². The Labute approximate surface area is 86.1 Å². The molecule has 0 aromatic heterocycles. The van der Waals surface area contributed by atoms with Gasteiger partial charge in [-0.3, -0.25) is 0 Å². The van der Waals surface area contributed by atoms with Crippen LogP contribution in [0.5, 0.6) is 5.75 Å². The first-order valence-corrected chi connectivity index (χ1v) is 4.99. The van der Waals surface area contributed by atoms with E-state index in [-0.39, 0.29) is 0 Å². The van der Waals surface area contributed by atoms with Crippen LogP contribution in [0.15, 0.2) is 29.8 Å². The van der Waals surface area contributed by atoms with Gasteiger partial charge in [0.25, 0.3) is 0 Å². The molecule has 0 unspecified atom stereocenters. The van der Waals surface area contributed by atoms with Gasteiger partial charge < -0.3 is 5.11 Å². The zero-order valence-electron chi connectivity index (χ0n) is 9.33. The fraction of sp³-hybridized carbons (Fsp3) is 0.385. The molecule has 0 saturated carbocycles. The number of hydrogen-bond acceptors (Lipinski definition) is 1. The molecule has 0 saturated heterocycles. The minimum atomic E-state index is 0.325. The van der Waals surface area contributed by atoms with Crippen molar-refractivity contribution in [2.45, 2.75) is 27.7 Å². The molecule has 0 amide bonds. The van der Waals surface area contributed by atoms with Crippen molar-refractivity contribution in [1.82, 2.24) is 0 Å². The molecule has 0 aliphatic heterocycles. The summed E-state index contributed by atoms with van der Waals surface area (Å²) in [6.07, 6.45) is 0. The van der Waals surface area contributed by atoms with Crippen LogP contribution in [-0.4, -0.2) is 5.11 Å². The molecule has 0 heterocycles. The van der Waals surface area contributed by atoms with Crippen molar-refractivity contribution in [3.8, 4) is 5.75 Å². The van der Waals surface area contributed by atoms with Gasteiger partial charge in [0, 0.05) is 0 Å². The van der Waals surface area contributed by atoms with Gasteiger partial charge in [-0.25, -0.2) is 0 Å². The molecular weight excluding hydrogens is 172 g/mol. The fourth-order valence-electron chi connectivity index (χ4n) is 1.84. The SMILES string of the molecule is CC(C)=C(c1ccc(O)cc1)C(C)C. The van der Waals surface area contributed by atoms with E-state index >= 15 is 0 Å². The standard InChI is InChI=1S/C13H18O/c1-9(2)13(10(3)4)11-5-7-12(14)8-6-11/h5-9,14H,1-4H3. The lowest BCUT2D eigenvalue weighted by atomic mass is 9.92. The first kappa shape index (κ1) is 10.8. The van der Waals surface area contributed by atoms with Crippen molar-refractivity contribution in [1.29, 1.82) is 0 Å². The van der Waals surface area contributed by atoms with Crippen LogP contribution in [0.25, 0.3) is 5.57 Å². The molecule has 1 aromatic rings. The van der Waals surface area contributed by atoms with Crippen LogP contribution in [0.4, 0.5) is 0 Å². The Hall–Kier alpha value is -1.24. The molecular formula is C13H18O. The smallest absolute Gasteiger partial charge is 0.115 e. The third-order valence-corrected chi connectivity index (χ3v) is 2.29. The maximum atomic E-state index is 9.20. The van der Waals surface area contributed by atoms with Crippen LogP contribution in [0.3, 0.4) is 0 Å². The lowest BCUT2D eigenvalue weighted by Crippen LogP contribution is -1.95. The Bertz CT molecular complexity index is 327. The van der Waals surface area contributed by atoms with Gasteiger partial charge in [0.15, 0.2) is 0 Å². The van der Waals surface area contributed by atoms with E-state index in [2.05, 4.69) is 27.7 Å². The van der Waals surface area contributed by atoms with E-state index in [0.717, 1.165) is 0 Å². The fourth-order valence-corrected chi connectivity index (χ4v) is 1.84. The summed E-state index contributed by atoms with van der Waals surface area (Å²) < 4.78 is 0. The van der Waals surface area contributed by atoms with Crippen molar-refractivity contribution < 1.29 is 5.11 Å². The number of phenolic OH excluding ortho intramolecular Hbond substituents is 1. The summed E-state index contributed by atoms with van der Waals surface area (Å²) in [6, 6.07) is 7.41. The van der Waals surface area contributed by atoms with Gasteiger partial charge in [-0.2, -0.15) is 0 Å². The maximum absolute atomic E-state index is 9.20. The Kier molecular flexibility index (Phi) is 3.34. The first-order chi connectivity index (χ1) is 6.52. The molecule has 0 bridgehead atoms. The van der Waals surface area contributed by atoms with Gasteiger partial charge in [0.05, 0.1) is 0 Å². The van der Waals surface area contributed by atoms with Crippen LogP contribution in [-0.2, 0) is 0 Å². The lowest BCUT2D eigenvalue weighted by molar-refractivity contribution is 0.475. The monoisotopic (exact) mass is 190 g/mol. The number of aromatic hydroxyl groups is 1. The normalized spacial score (nSPS) is 10.4. The molecule has 0 atom stereocenters. The number of rotatable bonds is 2. The van der Waals surface area contributed by atoms with Crippen molar-refractivity contribution in [3.63, 3.8) is 0 Å². The molecule has 0 spiro atoms. The van der Waals surface area contributed by atoms with E-state index in [1.807, 2.05) is 12.1 Å². The summed E-state index contributed by atoms with van der Waals surface area (Å²) in [4.78, 5) is 0. The van der Waals surface area contributed by atoms with Crippen molar-refractivity contribution in [2.24, 2.45) is 5.92 Å². The Morgan fingerprint density at radius 3 is 1.93 bits per heavy atom. The molecule has 0 fully saturated rings. The summed E-state index contributed by atoms with van der Waals surface area (Å²) in [6.45, 7) is 8.63. The number of benzene rings is 1. The van der Waals surface area contributed by atoms with Crippen LogP contribution < -0.4 is 0 Å². The predicted octanol–water partition coefficient (Wildman–Crippen LogP) is 3.84. The summed E-state index contributed by atoms with van der Waals surface area (Å²) in [5.41, 5.74) is 3.91. The van der Waals surface area contributed by atoms with Crippen molar-refractivity contribution >= 4 is 5.57 Å². The summed E-state index contributed by atoms with van der Waals surface area (Å²) in [5, 5.41) is 9.20. The maximum Gasteiger partial charge on any atom is 0.115 e. The van der Waals surface area contributed by atoms with E-state index in [1.165, 1.54) is 16.7 Å². The second-order valence-corrected chi connectivity index (χ2v) is 4.12. The molecule has 1 nitrogen and oxygen atoms in total. The molecule has 0 aliphatic rings. The van der Waals surface area contributed by atoms with Gasteiger partial charge >= 0.3 is 0 Å². The quantitative estimate of drug-likeness (QED) is 0.751. The van der Waals surface area contributed by atoms with Gasteiger partial charge in [0.2, 0.25) is 0 Å². The number of hydrogen-bond donors (Lipinski definition) is 1. The predicted molar refractivity (Wildman–Crippen MR) is 61.2 cm³/mol. The third-order valence-electron chi connectivity index (χ3n) is 2.29. The summed E-state index contributed by atoms with van der Waals surface area (Å²) in [5.74, 6) is 0.843. The highest BCUT2D eigenvalue weighted by Gasteiger charge is 2.07. The average molecular weight is 190 g/mol. The van der Waals surface area contributed by atoms with Crippen LogP contribution >= 0.6 is 0 Å². The first-order valence-electron chi connectivity index (χ1n) is 4.99. The summed E-state index contributed by atoms with van der Waals surface area (Å²) in [7, 11) is 0. The minimum absolute atomic E-state index is 0.325. The minimum Gasteiger partial charge on any atom is -0.508 e. The highest BCUT2D eigenvalue weighted by molar-refractivity contribution is 5.69. The lowest BCUT2D eigenvalue weighted by Gasteiger charge is -2.14. The molecule has 0 radical (unpaired) electrons. The highest BCUT2D eigenvalue weighted by atomic mass is 16.3. The van der Waals surface area contributed by atoms with Crippen LogP contribution in [0.2, 0.25) is 0 Å². The molecule has 1 aromatic carbocycles. The molecule has 1 rings (SSSR count). The van der Waals surface area contributed by atoms with E-state index < -0.39 is 0 Å². The van der Waals surface area contributed by atoms with Gasteiger partial charge in [-0.15, -0.1) is 0 Å². The van der Waals surface area contributed by atoms with E-state index in [0.29, 0.717) is 11.7 Å². The highest BCUT2D eigenvalue weighted by Crippen LogP contribution is 2.27. The zero-order chi connectivity index (χ0) is 10.7.